The zero-order chi connectivity index (χ0) is 15.6. The molecule has 0 aromatic heterocycles. The van der Waals surface area contributed by atoms with Crippen molar-refractivity contribution in [2.45, 2.75) is 12.2 Å². The van der Waals surface area contributed by atoms with Crippen molar-refractivity contribution in [2.75, 3.05) is 7.11 Å². The monoisotopic (exact) mass is 359 g/mol. The molecule has 21 heavy (non-hydrogen) atoms. The minimum Gasteiger partial charge on any atom is -0.497 e. The van der Waals surface area contributed by atoms with Crippen LogP contribution in [0.4, 0.5) is 13.2 Å². The van der Waals surface area contributed by atoms with Crippen molar-refractivity contribution in [1.82, 2.24) is 0 Å². The number of nitrogens with two attached hydrogens (primary N) is 1. The summed E-state index contributed by atoms with van der Waals surface area (Å²) in [5, 5.41) is 0. The summed E-state index contributed by atoms with van der Waals surface area (Å²) >= 11 is 3.36. The topological polar surface area (TPSA) is 35.2 Å². The lowest BCUT2D eigenvalue weighted by molar-refractivity contribution is -0.137. The number of ether oxygens (including phenoxy) is 1. The van der Waals surface area contributed by atoms with E-state index in [0.717, 1.165) is 12.1 Å². The fourth-order valence-corrected chi connectivity index (χ4v) is 2.47. The van der Waals surface area contributed by atoms with Crippen LogP contribution in [0.25, 0.3) is 0 Å². The van der Waals surface area contributed by atoms with E-state index in [1.54, 1.807) is 24.3 Å². The molecule has 2 rings (SSSR count). The molecule has 0 bridgehead atoms. The van der Waals surface area contributed by atoms with Crippen LogP contribution < -0.4 is 10.5 Å². The minimum atomic E-state index is -4.39. The van der Waals surface area contributed by atoms with Gasteiger partial charge in [0.25, 0.3) is 0 Å². The van der Waals surface area contributed by atoms with E-state index < -0.39 is 17.8 Å². The number of alkyl halides is 3. The van der Waals surface area contributed by atoms with Crippen molar-refractivity contribution in [2.24, 2.45) is 5.73 Å². The molecule has 0 heterocycles. The molecule has 2 aromatic carbocycles. The van der Waals surface area contributed by atoms with Crippen molar-refractivity contribution in [1.29, 1.82) is 0 Å². The first-order valence-corrected chi connectivity index (χ1v) is 6.88. The van der Waals surface area contributed by atoms with E-state index in [9.17, 15) is 13.2 Å². The van der Waals surface area contributed by atoms with Gasteiger partial charge < -0.3 is 10.5 Å². The third kappa shape index (κ3) is 3.57. The first kappa shape index (κ1) is 15.9. The fourth-order valence-electron chi connectivity index (χ4n) is 1.98. The maximum Gasteiger partial charge on any atom is 0.416 e. The molecule has 112 valence electrons. The van der Waals surface area contributed by atoms with Crippen LogP contribution >= 0.6 is 15.9 Å². The summed E-state index contributed by atoms with van der Waals surface area (Å²) in [4.78, 5) is 0. The molecular weight excluding hydrogens is 347 g/mol. The van der Waals surface area contributed by atoms with Crippen LogP contribution in [0.1, 0.15) is 22.7 Å². The zero-order valence-electron chi connectivity index (χ0n) is 11.1. The normalized spacial score (nSPS) is 13.0. The Bertz CT molecular complexity index is 643. The van der Waals surface area contributed by atoms with E-state index in [4.69, 9.17) is 10.5 Å². The Morgan fingerprint density at radius 2 is 1.86 bits per heavy atom. The molecule has 2 N–H and O–H groups in total. The van der Waals surface area contributed by atoms with Gasteiger partial charge in [-0.3, -0.25) is 0 Å². The summed E-state index contributed by atoms with van der Waals surface area (Å²) in [6, 6.07) is 9.53. The van der Waals surface area contributed by atoms with Crippen molar-refractivity contribution in [3.05, 3.63) is 63.6 Å². The van der Waals surface area contributed by atoms with Gasteiger partial charge in [0.05, 0.1) is 18.7 Å². The van der Waals surface area contributed by atoms with E-state index in [1.807, 2.05) is 0 Å². The molecule has 0 spiro atoms. The maximum atomic E-state index is 12.8. The van der Waals surface area contributed by atoms with Crippen LogP contribution in [0, 0.1) is 0 Å². The quantitative estimate of drug-likeness (QED) is 0.873. The van der Waals surface area contributed by atoms with E-state index in [0.29, 0.717) is 21.3 Å². The Morgan fingerprint density at radius 1 is 1.14 bits per heavy atom. The first-order chi connectivity index (χ1) is 9.82. The number of hydrogen-bond donors (Lipinski definition) is 1. The number of benzene rings is 2. The molecule has 2 aromatic rings. The van der Waals surface area contributed by atoms with E-state index in [-0.39, 0.29) is 0 Å². The fraction of sp³-hybridized carbons (Fsp3) is 0.200. The maximum absolute atomic E-state index is 12.8. The summed E-state index contributed by atoms with van der Waals surface area (Å²) in [6.45, 7) is 0. The Labute approximate surface area is 128 Å². The van der Waals surface area contributed by atoms with Gasteiger partial charge in [-0.05, 0) is 41.5 Å². The minimum absolute atomic E-state index is 0.388. The zero-order valence-corrected chi connectivity index (χ0v) is 12.7. The third-order valence-corrected chi connectivity index (χ3v) is 3.83. The van der Waals surface area contributed by atoms with E-state index >= 15 is 0 Å². The summed E-state index contributed by atoms with van der Waals surface area (Å²) in [5.74, 6) is 0.593. The number of rotatable bonds is 3. The van der Waals surface area contributed by atoms with Gasteiger partial charge in [-0.1, -0.05) is 28.1 Å². The van der Waals surface area contributed by atoms with E-state index in [2.05, 4.69) is 15.9 Å². The van der Waals surface area contributed by atoms with Gasteiger partial charge >= 0.3 is 6.18 Å². The average molecular weight is 360 g/mol. The molecule has 0 aliphatic rings. The number of halogens is 4. The molecule has 2 nitrogen and oxygen atoms in total. The highest BCUT2D eigenvalue weighted by atomic mass is 79.9. The second kappa shape index (κ2) is 6.07. The second-order valence-electron chi connectivity index (χ2n) is 4.49. The van der Waals surface area contributed by atoms with Crippen LogP contribution in [0.3, 0.4) is 0 Å². The summed E-state index contributed by atoms with van der Waals surface area (Å²) in [6.07, 6.45) is -4.39. The number of hydrogen-bond acceptors (Lipinski definition) is 2. The molecule has 1 unspecified atom stereocenters. The lowest BCUT2D eigenvalue weighted by atomic mass is 9.97. The molecule has 6 heteroatoms. The second-order valence-corrected chi connectivity index (χ2v) is 5.34. The summed E-state index contributed by atoms with van der Waals surface area (Å²) < 4.78 is 44.1. The van der Waals surface area contributed by atoms with Crippen molar-refractivity contribution in [3.63, 3.8) is 0 Å². The first-order valence-electron chi connectivity index (χ1n) is 6.09. The molecule has 1 atom stereocenters. The van der Waals surface area contributed by atoms with Gasteiger partial charge in [0, 0.05) is 4.47 Å². The van der Waals surface area contributed by atoms with Crippen molar-refractivity contribution < 1.29 is 17.9 Å². The Kier molecular flexibility index (Phi) is 4.58. The predicted octanol–water partition coefficient (Wildman–Crippen LogP) is 4.52. The van der Waals surface area contributed by atoms with Crippen LogP contribution in [-0.4, -0.2) is 7.11 Å². The van der Waals surface area contributed by atoms with Gasteiger partial charge in [-0.2, -0.15) is 13.2 Å². The number of methoxy groups -OCH3 is 1. The van der Waals surface area contributed by atoms with Gasteiger partial charge in [0.1, 0.15) is 5.75 Å². The van der Waals surface area contributed by atoms with Gasteiger partial charge in [-0.15, -0.1) is 0 Å². The van der Waals surface area contributed by atoms with Crippen LogP contribution in [0.15, 0.2) is 46.9 Å². The Hall–Kier alpha value is -1.53. The highest BCUT2D eigenvalue weighted by Crippen LogP contribution is 2.34. The average Bonchev–Trinajstić information content (AvgIpc) is 2.46. The molecule has 0 saturated heterocycles. The standard InChI is InChI=1S/C15H13BrF3NO/c1-21-11-5-6-13(16)12(8-11)14(20)9-3-2-4-10(7-9)15(17,18)19/h2-8,14H,20H2,1H3. The predicted molar refractivity (Wildman–Crippen MR) is 78.2 cm³/mol. The van der Waals surface area contributed by atoms with Crippen LogP contribution in [-0.2, 0) is 6.18 Å². The molecule has 0 amide bonds. The van der Waals surface area contributed by atoms with Crippen molar-refractivity contribution in [3.8, 4) is 5.75 Å². The highest BCUT2D eigenvalue weighted by molar-refractivity contribution is 9.10. The van der Waals surface area contributed by atoms with Crippen molar-refractivity contribution >= 4 is 15.9 Å². The smallest absolute Gasteiger partial charge is 0.416 e. The SMILES string of the molecule is COc1ccc(Br)c(C(N)c2cccc(C(F)(F)F)c2)c1. The molecule has 0 saturated carbocycles. The highest BCUT2D eigenvalue weighted by Gasteiger charge is 2.31. The Morgan fingerprint density at radius 3 is 2.48 bits per heavy atom. The molecule has 0 radical (unpaired) electrons. The molecule has 0 fully saturated rings. The lowest BCUT2D eigenvalue weighted by Crippen LogP contribution is -2.14. The van der Waals surface area contributed by atoms with E-state index in [1.165, 1.54) is 13.2 Å². The summed E-state index contributed by atoms with van der Waals surface area (Å²) in [5.41, 5.74) is 6.44. The molecular formula is C15H13BrF3NO. The molecule has 0 aliphatic heterocycles. The third-order valence-electron chi connectivity index (χ3n) is 3.11. The molecule has 0 aliphatic carbocycles. The van der Waals surface area contributed by atoms with Crippen LogP contribution in [0.2, 0.25) is 0 Å². The Balaban J connectivity index is 2.43. The summed E-state index contributed by atoms with van der Waals surface area (Å²) in [7, 11) is 1.52. The van der Waals surface area contributed by atoms with Gasteiger partial charge in [0.15, 0.2) is 0 Å². The van der Waals surface area contributed by atoms with Gasteiger partial charge in [0.2, 0.25) is 0 Å². The lowest BCUT2D eigenvalue weighted by Gasteiger charge is -2.17. The van der Waals surface area contributed by atoms with Crippen LogP contribution in [0.5, 0.6) is 5.75 Å². The van der Waals surface area contributed by atoms with Gasteiger partial charge in [-0.25, -0.2) is 0 Å². The largest absolute Gasteiger partial charge is 0.497 e.